The molecular formula is C12H18N2O2S. The molecule has 1 fully saturated rings. The maximum Gasteiger partial charge on any atom is 0.154 e. The number of benzene rings is 1. The lowest BCUT2D eigenvalue weighted by Gasteiger charge is -2.36. The SMILES string of the molecule is Cc1ccc(N2CCS(=O)(=O)CC2CN)cc1. The molecular weight excluding hydrogens is 236 g/mol. The Balaban J connectivity index is 2.23. The van der Waals surface area contributed by atoms with Crippen molar-refractivity contribution in [2.24, 2.45) is 5.73 Å². The zero-order valence-corrected chi connectivity index (χ0v) is 10.8. The molecule has 1 atom stereocenters. The molecule has 0 saturated carbocycles. The molecule has 1 aromatic rings. The van der Waals surface area contributed by atoms with Crippen molar-refractivity contribution in [1.29, 1.82) is 0 Å². The number of nitrogens with two attached hydrogens (primary N) is 1. The standard InChI is InChI=1S/C12H18N2O2S/c1-10-2-4-11(5-3-10)14-6-7-17(15,16)9-12(14)8-13/h2-5,12H,6-9,13H2,1H3. The predicted molar refractivity (Wildman–Crippen MR) is 70.0 cm³/mol. The number of nitrogens with zero attached hydrogens (tertiary/aromatic N) is 1. The van der Waals surface area contributed by atoms with E-state index in [2.05, 4.69) is 4.90 Å². The van der Waals surface area contributed by atoms with E-state index in [1.807, 2.05) is 31.2 Å². The van der Waals surface area contributed by atoms with Crippen LogP contribution in [0.25, 0.3) is 0 Å². The van der Waals surface area contributed by atoms with Gasteiger partial charge in [0.25, 0.3) is 0 Å². The van der Waals surface area contributed by atoms with Gasteiger partial charge in [-0.2, -0.15) is 0 Å². The highest BCUT2D eigenvalue weighted by atomic mass is 32.2. The Hall–Kier alpha value is -1.07. The summed E-state index contributed by atoms with van der Waals surface area (Å²) in [6.45, 7) is 2.94. The Morgan fingerprint density at radius 1 is 1.35 bits per heavy atom. The Kier molecular flexibility index (Phi) is 3.40. The molecule has 2 N–H and O–H groups in total. The summed E-state index contributed by atoms with van der Waals surface area (Å²) < 4.78 is 23.1. The largest absolute Gasteiger partial charge is 0.365 e. The summed E-state index contributed by atoms with van der Waals surface area (Å²) in [6.07, 6.45) is 0. The van der Waals surface area contributed by atoms with Gasteiger partial charge in [0.1, 0.15) is 0 Å². The number of rotatable bonds is 2. The van der Waals surface area contributed by atoms with Gasteiger partial charge in [-0.25, -0.2) is 8.42 Å². The molecule has 4 nitrogen and oxygen atoms in total. The van der Waals surface area contributed by atoms with Gasteiger partial charge in [0, 0.05) is 18.8 Å². The molecule has 1 unspecified atom stereocenters. The Morgan fingerprint density at radius 2 is 2.00 bits per heavy atom. The Morgan fingerprint density at radius 3 is 2.59 bits per heavy atom. The second-order valence-corrected chi connectivity index (χ2v) is 6.76. The lowest BCUT2D eigenvalue weighted by Crippen LogP contribution is -2.52. The van der Waals surface area contributed by atoms with Crippen LogP contribution in [0, 0.1) is 6.92 Å². The van der Waals surface area contributed by atoms with Crippen LogP contribution in [0.2, 0.25) is 0 Å². The molecule has 0 spiro atoms. The van der Waals surface area contributed by atoms with Crippen molar-refractivity contribution in [3.63, 3.8) is 0 Å². The number of hydrogen-bond donors (Lipinski definition) is 1. The van der Waals surface area contributed by atoms with Crippen LogP contribution in [0.1, 0.15) is 5.56 Å². The van der Waals surface area contributed by atoms with E-state index in [0.717, 1.165) is 5.69 Å². The zero-order chi connectivity index (χ0) is 12.5. The lowest BCUT2D eigenvalue weighted by atomic mass is 10.2. The topological polar surface area (TPSA) is 63.4 Å². The molecule has 1 saturated heterocycles. The number of sulfone groups is 1. The van der Waals surface area contributed by atoms with Gasteiger partial charge in [-0.3, -0.25) is 0 Å². The molecule has 2 rings (SSSR count). The van der Waals surface area contributed by atoms with Crippen LogP contribution in [-0.2, 0) is 9.84 Å². The van der Waals surface area contributed by atoms with Crippen LogP contribution in [0.5, 0.6) is 0 Å². The third kappa shape index (κ3) is 2.79. The fraction of sp³-hybridized carbons (Fsp3) is 0.500. The third-order valence-corrected chi connectivity index (χ3v) is 4.87. The van der Waals surface area contributed by atoms with E-state index in [0.29, 0.717) is 13.1 Å². The first kappa shape index (κ1) is 12.4. The summed E-state index contributed by atoms with van der Waals surface area (Å²) >= 11 is 0. The van der Waals surface area contributed by atoms with Gasteiger partial charge in [-0.05, 0) is 19.1 Å². The van der Waals surface area contributed by atoms with Crippen LogP contribution >= 0.6 is 0 Å². The minimum atomic E-state index is -2.91. The highest BCUT2D eigenvalue weighted by Crippen LogP contribution is 2.21. The number of anilines is 1. The van der Waals surface area contributed by atoms with Crippen LogP contribution in [0.15, 0.2) is 24.3 Å². The normalized spacial score (nSPS) is 23.6. The maximum absolute atomic E-state index is 11.6. The van der Waals surface area contributed by atoms with E-state index in [9.17, 15) is 8.42 Å². The molecule has 1 aliphatic rings. The van der Waals surface area contributed by atoms with E-state index in [1.165, 1.54) is 5.56 Å². The minimum absolute atomic E-state index is 0.101. The van der Waals surface area contributed by atoms with Crippen molar-refractivity contribution >= 4 is 15.5 Å². The molecule has 1 heterocycles. The molecule has 0 amide bonds. The molecule has 5 heteroatoms. The van der Waals surface area contributed by atoms with E-state index in [-0.39, 0.29) is 17.5 Å². The predicted octanol–water partition coefficient (Wildman–Crippen LogP) is 0.557. The highest BCUT2D eigenvalue weighted by molar-refractivity contribution is 7.91. The third-order valence-electron chi connectivity index (χ3n) is 3.17. The Labute approximate surface area is 102 Å². The lowest BCUT2D eigenvalue weighted by molar-refractivity contribution is 0.559. The van der Waals surface area contributed by atoms with Gasteiger partial charge in [-0.15, -0.1) is 0 Å². The van der Waals surface area contributed by atoms with E-state index < -0.39 is 9.84 Å². The second-order valence-electron chi connectivity index (χ2n) is 4.53. The summed E-state index contributed by atoms with van der Waals surface area (Å²) in [5.41, 5.74) is 7.93. The first-order valence-electron chi connectivity index (χ1n) is 5.75. The second kappa shape index (κ2) is 4.66. The fourth-order valence-corrected chi connectivity index (χ4v) is 3.70. The summed E-state index contributed by atoms with van der Waals surface area (Å²) in [5.74, 6) is 0.384. The average molecular weight is 254 g/mol. The van der Waals surface area contributed by atoms with Gasteiger partial charge in [0.2, 0.25) is 0 Å². The molecule has 1 aromatic carbocycles. The van der Waals surface area contributed by atoms with Crippen LogP contribution in [-0.4, -0.2) is 39.1 Å². The van der Waals surface area contributed by atoms with Crippen molar-refractivity contribution in [1.82, 2.24) is 0 Å². The number of aryl methyl sites for hydroxylation is 1. The fourth-order valence-electron chi connectivity index (χ4n) is 2.16. The maximum atomic E-state index is 11.6. The van der Waals surface area contributed by atoms with Crippen molar-refractivity contribution < 1.29 is 8.42 Å². The summed E-state index contributed by atoms with van der Waals surface area (Å²) in [5, 5.41) is 0. The number of hydrogen-bond acceptors (Lipinski definition) is 4. The Bertz CT molecular complexity index is 482. The monoisotopic (exact) mass is 254 g/mol. The molecule has 1 aliphatic heterocycles. The van der Waals surface area contributed by atoms with Crippen molar-refractivity contribution in [3.8, 4) is 0 Å². The zero-order valence-electron chi connectivity index (χ0n) is 9.96. The van der Waals surface area contributed by atoms with E-state index >= 15 is 0 Å². The molecule has 0 bridgehead atoms. The van der Waals surface area contributed by atoms with Crippen LogP contribution in [0.4, 0.5) is 5.69 Å². The van der Waals surface area contributed by atoms with Gasteiger partial charge in [0.15, 0.2) is 9.84 Å². The van der Waals surface area contributed by atoms with Crippen molar-refractivity contribution in [3.05, 3.63) is 29.8 Å². The van der Waals surface area contributed by atoms with Gasteiger partial charge in [0.05, 0.1) is 17.5 Å². The van der Waals surface area contributed by atoms with Crippen molar-refractivity contribution in [2.75, 3.05) is 29.5 Å². The van der Waals surface area contributed by atoms with E-state index in [1.54, 1.807) is 0 Å². The van der Waals surface area contributed by atoms with E-state index in [4.69, 9.17) is 5.73 Å². The first-order chi connectivity index (χ1) is 8.02. The molecule has 0 aromatic heterocycles. The molecule has 0 radical (unpaired) electrons. The summed E-state index contributed by atoms with van der Waals surface area (Å²) in [7, 11) is -2.91. The minimum Gasteiger partial charge on any atom is -0.365 e. The summed E-state index contributed by atoms with van der Waals surface area (Å²) in [6, 6.07) is 8.01. The van der Waals surface area contributed by atoms with Gasteiger partial charge in [-0.1, -0.05) is 17.7 Å². The average Bonchev–Trinajstić information content (AvgIpc) is 2.29. The molecule has 17 heavy (non-hydrogen) atoms. The van der Waals surface area contributed by atoms with Crippen molar-refractivity contribution in [2.45, 2.75) is 13.0 Å². The smallest absolute Gasteiger partial charge is 0.154 e. The molecule has 0 aliphatic carbocycles. The molecule has 94 valence electrons. The first-order valence-corrected chi connectivity index (χ1v) is 7.58. The van der Waals surface area contributed by atoms with Crippen LogP contribution in [0.3, 0.4) is 0 Å². The summed E-state index contributed by atoms with van der Waals surface area (Å²) in [4.78, 5) is 2.10. The van der Waals surface area contributed by atoms with Gasteiger partial charge >= 0.3 is 0 Å². The van der Waals surface area contributed by atoms with Crippen LogP contribution < -0.4 is 10.6 Å². The van der Waals surface area contributed by atoms with Gasteiger partial charge < -0.3 is 10.6 Å². The highest BCUT2D eigenvalue weighted by Gasteiger charge is 2.30. The quantitative estimate of drug-likeness (QED) is 0.837.